The summed E-state index contributed by atoms with van der Waals surface area (Å²) in [5.74, 6) is -4.59. The lowest BCUT2D eigenvalue weighted by Gasteiger charge is -2.25. The van der Waals surface area contributed by atoms with Gasteiger partial charge in [0.1, 0.15) is 18.1 Å². The van der Waals surface area contributed by atoms with Gasteiger partial charge in [-0.15, -0.1) is 0 Å². The van der Waals surface area contributed by atoms with E-state index in [-0.39, 0.29) is 25.2 Å². The van der Waals surface area contributed by atoms with Crippen LogP contribution in [0.3, 0.4) is 0 Å². The van der Waals surface area contributed by atoms with Crippen LogP contribution in [0.4, 0.5) is 0 Å². The Morgan fingerprint density at radius 3 is 1.97 bits per heavy atom. The minimum Gasteiger partial charge on any atom is -0.480 e. The third-order valence-electron chi connectivity index (χ3n) is 5.58. The zero-order valence-electron chi connectivity index (χ0n) is 19.9. The van der Waals surface area contributed by atoms with Crippen LogP contribution in [0.1, 0.15) is 38.7 Å². The van der Waals surface area contributed by atoms with Crippen molar-refractivity contribution in [3.05, 3.63) is 35.9 Å². The molecule has 1 rings (SSSR count). The van der Waals surface area contributed by atoms with Crippen molar-refractivity contribution >= 4 is 29.6 Å². The molecule has 194 valence electrons. The summed E-state index contributed by atoms with van der Waals surface area (Å²) >= 11 is 0. The van der Waals surface area contributed by atoms with Gasteiger partial charge in [-0.1, -0.05) is 50.6 Å². The van der Waals surface area contributed by atoms with Crippen LogP contribution < -0.4 is 27.4 Å². The van der Waals surface area contributed by atoms with E-state index in [4.69, 9.17) is 11.5 Å². The fourth-order valence-electron chi connectivity index (χ4n) is 3.12. The molecule has 5 atom stereocenters. The van der Waals surface area contributed by atoms with Gasteiger partial charge < -0.3 is 37.6 Å². The predicted octanol–water partition coefficient (Wildman–Crippen LogP) is -1.60. The first-order valence-corrected chi connectivity index (χ1v) is 11.3. The van der Waals surface area contributed by atoms with Crippen molar-refractivity contribution in [2.24, 2.45) is 17.4 Å². The molecule has 0 aliphatic rings. The van der Waals surface area contributed by atoms with E-state index in [9.17, 15) is 34.2 Å². The number of benzene rings is 1. The first-order valence-electron chi connectivity index (χ1n) is 11.3. The van der Waals surface area contributed by atoms with Crippen molar-refractivity contribution in [2.75, 3.05) is 6.61 Å². The number of aliphatic hydroxyl groups is 1. The molecule has 0 aliphatic carbocycles. The van der Waals surface area contributed by atoms with Gasteiger partial charge in [0.15, 0.2) is 0 Å². The largest absolute Gasteiger partial charge is 0.480 e. The van der Waals surface area contributed by atoms with E-state index < -0.39 is 60.4 Å². The molecule has 0 aliphatic heterocycles. The molecule has 12 nitrogen and oxygen atoms in total. The SMILES string of the molecule is CCC(C)C(N)C(=O)NC(CCC(N)=O)C(=O)NC(CO)C(=O)NC(Cc1ccccc1)C(=O)O. The van der Waals surface area contributed by atoms with Crippen LogP contribution in [-0.4, -0.2) is 70.6 Å². The van der Waals surface area contributed by atoms with Crippen LogP contribution in [0.25, 0.3) is 0 Å². The molecule has 0 radical (unpaired) electrons. The number of carboxylic acid groups (broad SMARTS) is 1. The first kappa shape index (κ1) is 29.5. The molecule has 1 aromatic rings. The highest BCUT2D eigenvalue weighted by atomic mass is 16.4. The molecule has 1 aromatic carbocycles. The maximum absolute atomic E-state index is 12.8. The number of hydrogen-bond donors (Lipinski definition) is 7. The number of carboxylic acids is 1. The molecule has 5 unspecified atom stereocenters. The highest BCUT2D eigenvalue weighted by Crippen LogP contribution is 2.08. The maximum Gasteiger partial charge on any atom is 0.326 e. The number of carbonyl (C=O) groups is 5. The van der Waals surface area contributed by atoms with E-state index >= 15 is 0 Å². The van der Waals surface area contributed by atoms with Gasteiger partial charge in [0.25, 0.3) is 0 Å². The number of aliphatic hydroxyl groups excluding tert-OH is 1. The number of rotatable bonds is 15. The van der Waals surface area contributed by atoms with Crippen LogP contribution in [0, 0.1) is 5.92 Å². The molecule has 0 spiro atoms. The summed E-state index contributed by atoms with van der Waals surface area (Å²) in [6.07, 6.45) is 0.211. The molecule has 0 bridgehead atoms. The average molecular weight is 494 g/mol. The van der Waals surface area contributed by atoms with Gasteiger partial charge in [0.05, 0.1) is 12.6 Å². The normalized spacial score (nSPS) is 15.1. The van der Waals surface area contributed by atoms with Crippen molar-refractivity contribution in [3.63, 3.8) is 0 Å². The van der Waals surface area contributed by atoms with E-state index in [1.807, 2.05) is 6.92 Å². The van der Waals surface area contributed by atoms with Gasteiger partial charge in [-0.05, 0) is 17.9 Å². The number of hydrogen-bond acceptors (Lipinski definition) is 7. The fraction of sp³-hybridized carbons (Fsp3) is 0.522. The van der Waals surface area contributed by atoms with Gasteiger partial charge in [0.2, 0.25) is 23.6 Å². The van der Waals surface area contributed by atoms with Gasteiger partial charge in [-0.2, -0.15) is 0 Å². The lowest BCUT2D eigenvalue weighted by molar-refractivity contribution is -0.142. The van der Waals surface area contributed by atoms with Crippen LogP contribution in [0.5, 0.6) is 0 Å². The summed E-state index contributed by atoms with van der Waals surface area (Å²) < 4.78 is 0. The Hall–Kier alpha value is -3.51. The predicted molar refractivity (Wildman–Crippen MR) is 127 cm³/mol. The Morgan fingerprint density at radius 1 is 0.914 bits per heavy atom. The molecule has 0 heterocycles. The molecule has 0 saturated carbocycles. The van der Waals surface area contributed by atoms with Crippen LogP contribution in [-0.2, 0) is 30.4 Å². The second-order valence-corrected chi connectivity index (χ2v) is 8.31. The maximum atomic E-state index is 12.8. The average Bonchev–Trinajstić information content (AvgIpc) is 2.83. The fourth-order valence-corrected chi connectivity index (χ4v) is 3.12. The zero-order chi connectivity index (χ0) is 26.5. The third-order valence-corrected chi connectivity index (χ3v) is 5.58. The number of nitrogens with one attached hydrogen (secondary N) is 3. The molecule has 0 fully saturated rings. The Balaban J connectivity index is 2.91. The van der Waals surface area contributed by atoms with Crippen molar-refractivity contribution in [2.45, 2.75) is 63.7 Å². The van der Waals surface area contributed by atoms with Crippen molar-refractivity contribution in [1.29, 1.82) is 0 Å². The number of amides is 4. The van der Waals surface area contributed by atoms with Gasteiger partial charge in [-0.25, -0.2) is 4.79 Å². The van der Waals surface area contributed by atoms with E-state index in [1.54, 1.807) is 37.3 Å². The van der Waals surface area contributed by atoms with Crippen LogP contribution in [0.15, 0.2) is 30.3 Å². The molecule has 9 N–H and O–H groups in total. The van der Waals surface area contributed by atoms with Crippen LogP contribution >= 0.6 is 0 Å². The summed E-state index contributed by atoms with van der Waals surface area (Å²) in [6.45, 7) is 2.78. The Kier molecular flexibility index (Phi) is 12.4. The summed E-state index contributed by atoms with van der Waals surface area (Å²) in [5, 5.41) is 26.2. The van der Waals surface area contributed by atoms with Crippen LogP contribution in [0.2, 0.25) is 0 Å². The third kappa shape index (κ3) is 10.1. The molecular weight excluding hydrogens is 458 g/mol. The van der Waals surface area contributed by atoms with Crippen molar-refractivity contribution < 1.29 is 34.2 Å². The number of nitrogens with two attached hydrogens (primary N) is 2. The molecule has 35 heavy (non-hydrogen) atoms. The Morgan fingerprint density at radius 2 is 1.46 bits per heavy atom. The smallest absolute Gasteiger partial charge is 0.326 e. The minimum absolute atomic E-state index is 0.0151. The van der Waals surface area contributed by atoms with E-state index in [0.717, 1.165) is 0 Å². The second kappa shape index (κ2) is 14.7. The first-order chi connectivity index (χ1) is 16.5. The van der Waals surface area contributed by atoms with Gasteiger partial charge >= 0.3 is 5.97 Å². The Bertz CT molecular complexity index is 880. The molecule has 0 aromatic heterocycles. The number of carbonyl (C=O) groups excluding carboxylic acids is 4. The quantitative estimate of drug-likeness (QED) is 0.151. The second-order valence-electron chi connectivity index (χ2n) is 8.31. The van der Waals surface area contributed by atoms with Crippen molar-refractivity contribution in [3.8, 4) is 0 Å². The van der Waals surface area contributed by atoms with E-state index in [2.05, 4.69) is 16.0 Å². The highest BCUT2D eigenvalue weighted by Gasteiger charge is 2.31. The minimum atomic E-state index is -1.50. The zero-order valence-corrected chi connectivity index (χ0v) is 19.9. The van der Waals surface area contributed by atoms with E-state index in [0.29, 0.717) is 12.0 Å². The number of aliphatic carboxylic acids is 1. The summed E-state index contributed by atoms with van der Waals surface area (Å²) in [6, 6.07) is 3.62. The topological polar surface area (TPSA) is 214 Å². The standard InChI is InChI=1S/C23H35N5O7/c1-3-13(2)19(25)22(33)26-15(9-10-18(24)30)20(31)28-17(12-29)21(32)27-16(23(34)35)11-14-7-5-4-6-8-14/h4-8,13,15-17,19,29H,3,9-12,25H2,1-2H3,(H2,24,30)(H,26,33)(H,27,32)(H,28,31)(H,34,35). The van der Waals surface area contributed by atoms with Crippen molar-refractivity contribution in [1.82, 2.24) is 16.0 Å². The summed E-state index contributed by atoms with van der Waals surface area (Å²) in [7, 11) is 0. The lowest BCUT2D eigenvalue weighted by atomic mass is 9.98. The van der Waals surface area contributed by atoms with Gasteiger partial charge in [0, 0.05) is 12.8 Å². The summed E-state index contributed by atoms with van der Waals surface area (Å²) in [4.78, 5) is 60.7. The Labute approximate surface area is 203 Å². The summed E-state index contributed by atoms with van der Waals surface area (Å²) in [5.41, 5.74) is 11.7. The molecule has 12 heteroatoms. The van der Waals surface area contributed by atoms with Gasteiger partial charge in [-0.3, -0.25) is 19.2 Å². The molecule has 0 saturated heterocycles. The molecule has 4 amide bonds. The highest BCUT2D eigenvalue weighted by molar-refractivity contribution is 5.94. The number of primary amides is 1. The molecular formula is C23H35N5O7. The van der Waals surface area contributed by atoms with E-state index in [1.165, 1.54) is 0 Å². The monoisotopic (exact) mass is 493 g/mol. The lowest BCUT2D eigenvalue weighted by Crippen LogP contribution is -2.58.